The Kier molecular flexibility index (Phi) is 5.96. The summed E-state index contributed by atoms with van der Waals surface area (Å²) < 4.78 is 6.82. The number of thiophene rings is 1. The van der Waals surface area contributed by atoms with Crippen LogP contribution < -0.4 is 5.73 Å². The minimum absolute atomic E-state index is 0.0192. The third-order valence-electron chi connectivity index (χ3n) is 3.63. The smallest absolute Gasteiger partial charge is 0.104 e. The highest BCUT2D eigenvalue weighted by Crippen LogP contribution is 2.30. The van der Waals surface area contributed by atoms with Crippen molar-refractivity contribution in [2.45, 2.75) is 44.6 Å². The van der Waals surface area contributed by atoms with Crippen LogP contribution in [0.4, 0.5) is 0 Å². The molecule has 102 valence electrons. The molecule has 1 aliphatic rings. The average molecular weight is 288 g/mol. The van der Waals surface area contributed by atoms with Gasteiger partial charge in [-0.2, -0.15) is 0 Å². The number of rotatable bonds is 5. The van der Waals surface area contributed by atoms with Crippen molar-refractivity contribution in [3.8, 4) is 0 Å². The summed E-state index contributed by atoms with van der Waals surface area (Å²) in [5.74, 6) is 0.719. The third kappa shape index (κ3) is 4.23. The molecule has 1 aliphatic carbocycles. The Morgan fingerprint density at radius 3 is 2.56 bits per heavy atom. The predicted molar refractivity (Wildman–Crippen MR) is 78.3 cm³/mol. The number of hydrogen-bond acceptors (Lipinski definition) is 3. The SMILES string of the molecule is NCC(OCC1CCCCCC1)c1ccc(Cl)s1. The van der Waals surface area contributed by atoms with E-state index in [9.17, 15) is 0 Å². The van der Waals surface area contributed by atoms with Crippen LogP contribution >= 0.6 is 22.9 Å². The van der Waals surface area contributed by atoms with E-state index in [1.807, 2.05) is 12.1 Å². The topological polar surface area (TPSA) is 35.2 Å². The van der Waals surface area contributed by atoms with Crippen molar-refractivity contribution in [2.24, 2.45) is 11.7 Å². The standard InChI is InChI=1S/C14H22ClNOS/c15-14-8-7-13(18-14)12(9-16)17-10-11-5-3-1-2-4-6-11/h7-8,11-12H,1-6,9-10,16H2. The Bertz CT molecular complexity index is 347. The Morgan fingerprint density at radius 2 is 2.00 bits per heavy atom. The molecule has 18 heavy (non-hydrogen) atoms. The van der Waals surface area contributed by atoms with Gasteiger partial charge in [0.15, 0.2) is 0 Å². The van der Waals surface area contributed by atoms with Crippen molar-refractivity contribution in [3.63, 3.8) is 0 Å². The molecule has 0 radical (unpaired) electrons. The maximum absolute atomic E-state index is 6.01. The van der Waals surface area contributed by atoms with E-state index < -0.39 is 0 Å². The second kappa shape index (κ2) is 7.49. The quantitative estimate of drug-likeness (QED) is 0.815. The summed E-state index contributed by atoms with van der Waals surface area (Å²) in [6, 6.07) is 3.94. The molecular weight excluding hydrogens is 266 g/mol. The highest BCUT2D eigenvalue weighted by molar-refractivity contribution is 7.16. The average Bonchev–Trinajstić information content (AvgIpc) is 2.65. The Hall–Kier alpha value is -0.0900. The molecule has 0 aliphatic heterocycles. The van der Waals surface area contributed by atoms with Crippen LogP contribution in [0.1, 0.15) is 49.5 Å². The van der Waals surface area contributed by atoms with Crippen LogP contribution in [0.2, 0.25) is 4.34 Å². The van der Waals surface area contributed by atoms with Crippen LogP contribution in [0, 0.1) is 5.92 Å². The lowest BCUT2D eigenvalue weighted by atomic mass is 10.0. The normalized spacial score (nSPS) is 19.7. The van der Waals surface area contributed by atoms with Gasteiger partial charge in [-0.15, -0.1) is 11.3 Å². The molecule has 0 aromatic carbocycles. The molecule has 2 rings (SSSR count). The van der Waals surface area contributed by atoms with Gasteiger partial charge in [0.25, 0.3) is 0 Å². The zero-order chi connectivity index (χ0) is 12.8. The summed E-state index contributed by atoms with van der Waals surface area (Å²) in [5.41, 5.74) is 5.80. The minimum Gasteiger partial charge on any atom is -0.371 e. The summed E-state index contributed by atoms with van der Waals surface area (Å²) in [6.45, 7) is 1.38. The maximum atomic E-state index is 6.01. The first-order chi connectivity index (χ1) is 8.79. The zero-order valence-electron chi connectivity index (χ0n) is 10.7. The van der Waals surface area contributed by atoms with Gasteiger partial charge in [-0.1, -0.05) is 37.3 Å². The van der Waals surface area contributed by atoms with E-state index in [1.165, 1.54) is 38.5 Å². The summed E-state index contributed by atoms with van der Waals surface area (Å²) in [7, 11) is 0. The Morgan fingerprint density at radius 1 is 1.28 bits per heavy atom. The third-order valence-corrected chi connectivity index (χ3v) is 4.96. The zero-order valence-corrected chi connectivity index (χ0v) is 12.3. The first-order valence-electron chi connectivity index (χ1n) is 6.86. The molecule has 1 unspecified atom stereocenters. The van der Waals surface area contributed by atoms with E-state index in [2.05, 4.69) is 0 Å². The molecule has 1 aromatic rings. The fraction of sp³-hybridized carbons (Fsp3) is 0.714. The van der Waals surface area contributed by atoms with Crippen LogP contribution in [0.5, 0.6) is 0 Å². The number of halogens is 1. The van der Waals surface area contributed by atoms with Crippen LogP contribution in [0.25, 0.3) is 0 Å². The van der Waals surface area contributed by atoms with Gasteiger partial charge in [-0.3, -0.25) is 0 Å². The van der Waals surface area contributed by atoms with E-state index in [0.29, 0.717) is 6.54 Å². The lowest BCUT2D eigenvalue weighted by Gasteiger charge is -2.19. The minimum atomic E-state index is 0.0192. The molecule has 1 fully saturated rings. The van der Waals surface area contributed by atoms with Gasteiger partial charge in [-0.05, 0) is 30.9 Å². The van der Waals surface area contributed by atoms with Crippen molar-refractivity contribution >= 4 is 22.9 Å². The highest BCUT2D eigenvalue weighted by Gasteiger charge is 2.17. The van der Waals surface area contributed by atoms with Crippen molar-refractivity contribution in [3.05, 3.63) is 21.3 Å². The fourth-order valence-corrected chi connectivity index (χ4v) is 3.67. The van der Waals surface area contributed by atoms with Crippen molar-refractivity contribution < 1.29 is 4.74 Å². The van der Waals surface area contributed by atoms with Gasteiger partial charge in [0.2, 0.25) is 0 Å². The maximum Gasteiger partial charge on any atom is 0.104 e. The molecule has 4 heteroatoms. The van der Waals surface area contributed by atoms with Gasteiger partial charge >= 0.3 is 0 Å². The molecule has 0 bridgehead atoms. The van der Waals surface area contributed by atoms with E-state index in [-0.39, 0.29) is 6.10 Å². The monoisotopic (exact) mass is 287 g/mol. The predicted octanol–water partition coefficient (Wildman–Crippen LogP) is 4.39. The summed E-state index contributed by atoms with van der Waals surface area (Å²) in [5, 5.41) is 0. The fourth-order valence-electron chi connectivity index (χ4n) is 2.55. The molecule has 1 heterocycles. The molecule has 1 saturated carbocycles. The lowest BCUT2D eigenvalue weighted by Crippen LogP contribution is -2.18. The van der Waals surface area contributed by atoms with Crippen LogP contribution in [0.15, 0.2) is 12.1 Å². The van der Waals surface area contributed by atoms with Gasteiger partial charge < -0.3 is 10.5 Å². The first kappa shape index (κ1) is 14.3. The van der Waals surface area contributed by atoms with Crippen LogP contribution in [-0.2, 0) is 4.74 Å². The Labute approximate surface area is 118 Å². The second-order valence-electron chi connectivity index (χ2n) is 5.06. The van der Waals surface area contributed by atoms with E-state index >= 15 is 0 Å². The van der Waals surface area contributed by atoms with Crippen molar-refractivity contribution in [2.75, 3.05) is 13.2 Å². The summed E-state index contributed by atoms with van der Waals surface area (Å²) in [4.78, 5) is 1.15. The molecule has 0 saturated heterocycles. The lowest BCUT2D eigenvalue weighted by molar-refractivity contribution is 0.0318. The largest absolute Gasteiger partial charge is 0.371 e. The van der Waals surface area contributed by atoms with Gasteiger partial charge in [0.05, 0.1) is 10.9 Å². The van der Waals surface area contributed by atoms with E-state index in [4.69, 9.17) is 22.1 Å². The molecule has 2 nitrogen and oxygen atoms in total. The van der Waals surface area contributed by atoms with Gasteiger partial charge in [0, 0.05) is 11.4 Å². The Balaban J connectivity index is 1.83. The van der Waals surface area contributed by atoms with Crippen LogP contribution in [-0.4, -0.2) is 13.2 Å². The number of hydrogen-bond donors (Lipinski definition) is 1. The molecule has 2 N–H and O–H groups in total. The van der Waals surface area contributed by atoms with E-state index in [1.54, 1.807) is 11.3 Å². The molecular formula is C14H22ClNOS. The van der Waals surface area contributed by atoms with Gasteiger partial charge in [-0.25, -0.2) is 0 Å². The van der Waals surface area contributed by atoms with E-state index in [0.717, 1.165) is 21.7 Å². The molecule has 1 aromatic heterocycles. The van der Waals surface area contributed by atoms with Crippen molar-refractivity contribution in [1.29, 1.82) is 0 Å². The number of nitrogens with two attached hydrogens (primary N) is 1. The molecule has 0 amide bonds. The first-order valence-corrected chi connectivity index (χ1v) is 8.06. The van der Waals surface area contributed by atoms with Gasteiger partial charge in [0.1, 0.15) is 6.10 Å². The number of ether oxygens (including phenoxy) is 1. The molecule has 1 atom stereocenters. The summed E-state index contributed by atoms with van der Waals surface area (Å²) >= 11 is 7.53. The highest BCUT2D eigenvalue weighted by atomic mass is 35.5. The molecule has 0 spiro atoms. The second-order valence-corrected chi connectivity index (χ2v) is 6.80. The van der Waals surface area contributed by atoms with Crippen LogP contribution in [0.3, 0.4) is 0 Å². The van der Waals surface area contributed by atoms with Crippen molar-refractivity contribution in [1.82, 2.24) is 0 Å². The summed E-state index contributed by atoms with van der Waals surface area (Å²) in [6.07, 6.45) is 8.11.